The van der Waals surface area contributed by atoms with Crippen LogP contribution in [-0.2, 0) is 11.2 Å². The zero-order valence-corrected chi connectivity index (χ0v) is 12.9. The van der Waals surface area contributed by atoms with E-state index in [2.05, 4.69) is 21.2 Å². The molecular weight excluding hydrogens is 332 g/mol. The van der Waals surface area contributed by atoms with Crippen molar-refractivity contribution >= 4 is 33.2 Å². The van der Waals surface area contributed by atoms with Crippen LogP contribution in [0.1, 0.15) is 5.56 Å². The van der Waals surface area contributed by atoms with Crippen LogP contribution in [0, 0.1) is 5.92 Å². The van der Waals surface area contributed by atoms with Gasteiger partial charge in [0, 0.05) is 4.47 Å². The van der Waals surface area contributed by atoms with Gasteiger partial charge in [0.25, 0.3) is 0 Å². The van der Waals surface area contributed by atoms with E-state index in [9.17, 15) is 4.79 Å². The first kappa shape index (κ1) is 13.9. The summed E-state index contributed by atoms with van der Waals surface area (Å²) in [5.41, 5.74) is 8.13. The molecule has 3 rings (SSSR count). The molecule has 1 amide bonds. The van der Waals surface area contributed by atoms with Crippen LogP contribution in [-0.4, -0.2) is 12.5 Å². The Balaban J connectivity index is 1.72. The van der Waals surface area contributed by atoms with E-state index in [1.54, 1.807) is 12.1 Å². The molecule has 0 radical (unpaired) electrons. The van der Waals surface area contributed by atoms with E-state index in [4.69, 9.17) is 10.5 Å². The molecule has 0 aliphatic carbocycles. The van der Waals surface area contributed by atoms with Gasteiger partial charge < -0.3 is 15.8 Å². The number of ether oxygens (including phenoxy) is 1. The van der Waals surface area contributed by atoms with Crippen LogP contribution in [0.25, 0.3) is 0 Å². The van der Waals surface area contributed by atoms with Crippen molar-refractivity contribution in [3.63, 3.8) is 0 Å². The number of hydrogen-bond donors (Lipinski definition) is 2. The Bertz CT molecular complexity index is 688. The fraction of sp³-hybridized carbons (Fsp3) is 0.188. The van der Waals surface area contributed by atoms with Gasteiger partial charge in [0.1, 0.15) is 12.4 Å². The number of nitrogen functional groups attached to an aromatic ring is 1. The normalized spacial score (nSPS) is 16.7. The second-order valence-electron chi connectivity index (χ2n) is 5.04. The van der Waals surface area contributed by atoms with Crippen molar-refractivity contribution in [3.8, 4) is 5.75 Å². The van der Waals surface area contributed by atoms with Crippen LogP contribution in [0.5, 0.6) is 5.75 Å². The van der Waals surface area contributed by atoms with Gasteiger partial charge in [-0.2, -0.15) is 0 Å². The van der Waals surface area contributed by atoms with E-state index < -0.39 is 0 Å². The highest BCUT2D eigenvalue weighted by Crippen LogP contribution is 2.28. The summed E-state index contributed by atoms with van der Waals surface area (Å²) in [6, 6.07) is 13.2. The highest BCUT2D eigenvalue weighted by atomic mass is 79.9. The van der Waals surface area contributed by atoms with Crippen molar-refractivity contribution in [3.05, 3.63) is 52.5 Å². The molecule has 0 saturated carbocycles. The predicted octanol–water partition coefficient (Wildman–Crippen LogP) is 3.22. The molecule has 1 heterocycles. The number of halogens is 1. The maximum atomic E-state index is 12.4. The molecule has 4 nitrogen and oxygen atoms in total. The van der Waals surface area contributed by atoms with E-state index in [-0.39, 0.29) is 11.8 Å². The Morgan fingerprint density at radius 2 is 2.10 bits per heavy atom. The summed E-state index contributed by atoms with van der Waals surface area (Å²) in [7, 11) is 0. The third kappa shape index (κ3) is 3.03. The van der Waals surface area contributed by atoms with Gasteiger partial charge >= 0.3 is 0 Å². The number of fused-ring (bicyclic) bond motifs is 1. The number of rotatable bonds is 2. The third-order valence-corrected chi connectivity index (χ3v) is 4.01. The van der Waals surface area contributed by atoms with Gasteiger partial charge in [-0.1, -0.05) is 34.1 Å². The van der Waals surface area contributed by atoms with Crippen LogP contribution < -0.4 is 15.8 Å². The zero-order valence-electron chi connectivity index (χ0n) is 11.3. The Morgan fingerprint density at radius 1 is 1.29 bits per heavy atom. The first-order valence-corrected chi connectivity index (χ1v) is 7.49. The molecule has 5 heteroatoms. The van der Waals surface area contributed by atoms with Crippen LogP contribution in [0.3, 0.4) is 0 Å². The van der Waals surface area contributed by atoms with Gasteiger partial charge in [-0.25, -0.2) is 0 Å². The molecule has 1 atom stereocenters. The van der Waals surface area contributed by atoms with Crippen LogP contribution >= 0.6 is 15.9 Å². The van der Waals surface area contributed by atoms with E-state index in [1.807, 2.05) is 30.3 Å². The smallest absolute Gasteiger partial charge is 0.231 e. The molecular formula is C16H15BrN2O2. The molecule has 3 N–H and O–H groups in total. The van der Waals surface area contributed by atoms with Gasteiger partial charge in [0.05, 0.1) is 17.3 Å². The Morgan fingerprint density at radius 3 is 2.90 bits per heavy atom. The van der Waals surface area contributed by atoms with Crippen molar-refractivity contribution in [1.29, 1.82) is 0 Å². The van der Waals surface area contributed by atoms with Crippen molar-refractivity contribution in [2.24, 2.45) is 5.92 Å². The molecule has 0 fully saturated rings. The van der Waals surface area contributed by atoms with E-state index >= 15 is 0 Å². The second-order valence-corrected chi connectivity index (χ2v) is 5.96. The van der Waals surface area contributed by atoms with Crippen molar-refractivity contribution in [2.45, 2.75) is 6.42 Å². The lowest BCUT2D eigenvalue weighted by molar-refractivity contribution is -0.121. The summed E-state index contributed by atoms with van der Waals surface area (Å²) in [6.07, 6.45) is 0.679. The molecule has 0 spiro atoms. The van der Waals surface area contributed by atoms with Crippen LogP contribution in [0.4, 0.5) is 11.4 Å². The van der Waals surface area contributed by atoms with Gasteiger partial charge in [0.15, 0.2) is 0 Å². The number of nitrogens with one attached hydrogen (secondary N) is 1. The lowest BCUT2D eigenvalue weighted by Gasteiger charge is -2.24. The average molecular weight is 347 g/mol. The van der Waals surface area contributed by atoms with Crippen molar-refractivity contribution < 1.29 is 9.53 Å². The lowest BCUT2D eigenvalue weighted by atomic mass is 9.96. The quantitative estimate of drug-likeness (QED) is 0.820. The predicted molar refractivity (Wildman–Crippen MR) is 86.3 cm³/mol. The number of benzene rings is 2. The molecule has 21 heavy (non-hydrogen) atoms. The maximum Gasteiger partial charge on any atom is 0.231 e. The minimum atomic E-state index is -0.206. The summed E-state index contributed by atoms with van der Waals surface area (Å²) in [5, 5.41) is 2.87. The summed E-state index contributed by atoms with van der Waals surface area (Å²) in [4.78, 5) is 12.4. The molecule has 2 aromatic carbocycles. The number of para-hydroxylation sites is 1. The van der Waals surface area contributed by atoms with Crippen LogP contribution in [0.15, 0.2) is 46.9 Å². The highest BCUT2D eigenvalue weighted by Gasteiger charge is 2.26. The van der Waals surface area contributed by atoms with Gasteiger partial charge in [0.2, 0.25) is 5.91 Å². The average Bonchev–Trinajstić information content (AvgIpc) is 2.49. The summed E-state index contributed by atoms with van der Waals surface area (Å²) >= 11 is 3.34. The monoisotopic (exact) mass is 346 g/mol. The van der Waals surface area contributed by atoms with E-state index in [1.165, 1.54) is 0 Å². The molecule has 0 bridgehead atoms. The first-order chi connectivity index (χ1) is 10.1. The first-order valence-electron chi connectivity index (χ1n) is 6.70. The van der Waals surface area contributed by atoms with Gasteiger partial charge in [-0.05, 0) is 36.2 Å². The highest BCUT2D eigenvalue weighted by molar-refractivity contribution is 9.10. The molecule has 2 aromatic rings. The number of nitrogens with two attached hydrogens (primary N) is 1. The number of amides is 1. The number of carbonyl (C=O) groups is 1. The number of hydrogen-bond acceptors (Lipinski definition) is 3. The molecule has 0 aromatic heterocycles. The minimum Gasteiger partial charge on any atom is -0.492 e. The summed E-state index contributed by atoms with van der Waals surface area (Å²) < 4.78 is 6.53. The van der Waals surface area contributed by atoms with E-state index in [0.717, 1.165) is 15.8 Å². The van der Waals surface area contributed by atoms with E-state index in [0.29, 0.717) is 24.4 Å². The van der Waals surface area contributed by atoms with Crippen LogP contribution in [0.2, 0.25) is 0 Å². The number of carbonyl (C=O) groups excluding carboxylic acids is 1. The fourth-order valence-electron chi connectivity index (χ4n) is 2.38. The van der Waals surface area contributed by atoms with Gasteiger partial charge in [-0.3, -0.25) is 4.79 Å². The Labute approximate surface area is 131 Å². The molecule has 108 valence electrons. The Kier molecular flexibility index (Phi) is 3.84. The second kappa shape index (κ2) is 5.77. The largest absolute Gasteiger partial charge is 0.492 e. The third-order valence-electron chi connectivity index (χ3n) is 3.52. The lowest BCUT2D eigenvalue weighted by Crippen LogP contribution is -2.32. The molecule has 1 aliphatic rings. The maximum absolute atomic E-state index is 12.4. The molecule has 1 aliphatic heterocycles. The molecule has 1 unspecified atom stereocenters. The SMILES string of the molecule is Nc1cc(Br)ccc1NC(=O)C1COc2ccccc2C1. The standard InChI is InChI=1S/C16H15BrN2O2/c17-12-5-6-14(13(18)8-12)19-16(20)11-7-10-3-1-2-4-15(10)21-9-11/h1-6,8,11H,7,9,18H2,(H,19,20). The van der Waals surface area contributed by atoms with Crippen molar-refractivity contribution in [1.82, 2.24) is 0 Å². The fourth-order valence-corrected chi connectivity index (χ4v) is 2.76. The minimum absolute atomic E-state index is 0.0708. The molecule has 0 saturated heterocycles. The van der Waals surface area contributed by atoms with Crippen molar-refractivity contribution in [2.75, 3.05) is 17.7 Å². The summed E-state index contributed by atoms with van der Waals surface area (Å²) in [5.74, 6) is 0.589. The zero-order chi connectivity index (χ0) is 14.8. The Hall–Kier alpha value is -2.01. The van der Waals surface area contributed by atoms with Gasteiger partial charge in [-0.15, -0.1) is 0 Å². The summed E-state index contributed by atoms with van der Waals surface area (Å²) in [6.45, 7) is 0.388. The topological polar surface area (TPSA) is 64.3 Å². The number of anilines is 2.